The molecule has 1 aliphatic heterocycles. The normalized spacial score (nSPS) is 14.6. The molecule has 1 saturated heterocycles. The number of alkyl halides is 2. The number of piperidine rings is 1. The van der Waals surface area contributed by atoms with Crippen molar-refractivity contribution in [3.8, 4) is 5.75 Å². The second-order valence-electron chi connectivity index (χ2n) is 9.98. The van der Waals surface area contributed by atoms with Gasteiger partial charge in [-0.25, -0.2) is 4.98 Å². The van der Waals surface area contributed by atoms with Crippen molar-refractivity contribution >= 4 is 50.5 Å². The van der Waals surface area contributed by atoms with Gasteiger partial charge in [-0.15, -0.1) is 0 Å². The third-order valence-corrected chi connectivity index (χ3v) is 8.27. The lowest BCUT2D eigenvalue weighted by atomic mass is 10.0. The molecule has 0 saturated carbocycles. The maximum Gasteiger partial charge on any atom is 0.387 e. The van der Waals surface area contributed by atoms with Gasteiger partial charge in [0.05, 0.1) is 23.7 Å². The van der Waals surface area contributed by atoms with E-state index in [4.69, 9.17) is 20.5 Å². The molecule has 222 valence electrons. The van der Waals surface area contributed by atoms with E-state index in [1.165, 1.54) is 18.3 Å². The molecular weight excluding hydrogens is 578 g/mol. The van der Waals surface area contributed by atoms with Gasteiger partial charge in [-0.1, -0.05) is 23.7 Å². The van der Waals surface area contributed by atoms with Gasteiger partial charge in [-0.2, -0.15) is 22.2 Å². The van der Waals surface area contributed by atoms with Crippen molar-refractivity contribution in [2.24, 2.45) is 0 Å². The number of para-hydroxylation sites is 1. The van der Waals surface area contributed by atoms with Gasteiger partial charge in [0, 0.05) is 30.9 Å². The van der Waals surface area contributed by atoms with Crippen LogP contribution in [-0.2, 0) is 14.3 Å². The van der Waals surface area contributed by atoms with Gasteiger partial charge in [0.2, 0.25) is 5.95 Å². The summed E-state index contributed by atoms with van der Waals surface area (Å²) in [6.07, 6.45) is 2.66. The molecule has 3 aromatic rings. The summed E-state index contributed by atoms with van der Waals surface area (Å²) < 4.78 is 62.1. The van der Waals surface area contributed by atoms with Gasteiger partial charge in [0.1, 0.15) is 9.92 Å². The predicted octanol–water partition coefficient (Wildman–Crippen LogP) is 5.86. The number of nitrogens with one attached hydrogen (secondary N) is 2. The Morgan fingerprint density at radius 1 is 1.07 bits per heavy atom. The monoisotopic (exact) mass is 610 g/mol. The number of benzene rings is 2. The molecule has 4 rings (SSSR count). The first kappa shape index (κ1) is 30.7. The van der Waals surface area contributed by atoms with Crippen LogP contribution in [0.15, 0.2) is 53.6 Å². The maximum absolute atomic E-state index is 13.3. The topological polar surface area (TPSA) is 109 Å². The van der Waals surface area contributed by atoms with E-state index in [9.17, 15) is 17.2 Å². The number of hydrogen-bond acceptors (Lipinski definition) is 10. The molecule has 2 N–H and O–H groups in total. The molecule has 2 heterocycles. The van der Waals surface area contributed by atoms with Crippen molar-refractivity contribution < 1.29 is 26.1 Å². The number of halogens is 3. The molecule has 0 unspecified atom stereocenters. The number of aromatic nitrogens is 2. The number of nitrogens with zero attached hydrogens (tertiary/aromatic N) is 4. The van der Waals surface area contributed by atoms with Crippen LogP contribution in [0.1, 0.15) is 26.7 Å². The van der Waals surface area contributed by atoms with Crippen LogP contribution in [0.5, 0.6) is 5.75 Å². The van der Waals surface area contributed by atoms with Crippen LogP contribution >= 0.6 is 11.6 Å². The fourth-order valence-electron chi connectivity index (χ4n) is 4.50. The Morgan fingerprint density at radius 2 is 1.78 bits per heavy atom. The minimum atomic E-state index is -4.08. The largest absolute Gasteiger partial charge is 0.433 e. The highest BCUT2D eigenvalue weighted by molar-refractivity contribution is 7.87. The minimum absolute atomic E-state index is 0.0225. The number of ether oxygens (including phenoxy) is 1. The average Bonchev–Trinajstić information content (AvgIpc) is 2.91. The van der Waals surface area contributed by atoms with Gasteiger partial charge >= 0.3 is 6.61 Å². The molecule has 0 bridgehead atoms. The molecule has 0 amide bonds. The van der Waals surface area contributed by atoms with E-state index in [2.05, 4.69) is 44.5 Å². The Balaban J connectivity index is 1.58. The molecule has 1 aliphatic rings. The van der Waals surface area contributed by atoms with Gasteiger partial charge in [0.15, 0.2) is 11.6 Å². The fraction of sp³-hybridized carbons (Fsp3) is 0.407. The highest BCUT2D eigenvalue weighted by atomic mass is 35.5. The van der Waals surface area contributed by atoms with E-state index in [1.807, 2.05) is 6.07 Å². The van der Waals surface area contributed by atoms with Crippen molar-refractivity contribution in [1.82, 2.24) is 14.9 Å². The highest BCUT2D eigenvalue weighted by Gasteiger charge is 2.24. The SMILES string of the molecule is CC(C)OS(=O)(=O)c1ccccc1Nc1nc(Nc2ccc(N3CCC(N(C)C)CC3)cc2OC(F)F)ncc1Cl. The zero-order valence-corrected chi connectivity index (χ0v) is 24.7. The number of hydrogen-bond donors (Lipinski definition) is 2. The number of rotatable bonds is 11. The van der Waals surface area contributed by atoms with Gasteiger partial charge in [0.25, 0.3) is 10.1 Å². The molecule has 10 nitrogen and oxygen atoms in total. The van der Waals surface area contributed by atoms with Gasteiger partial charge in [-0.3, -0.25) is 4.18 Å². The molecule has 0 atom stereocenters. The van der Waals surface area contributed by atoms with E-state index in [0.29, 0.717) is 6.04 Å². The quantitative estimate of drug-likeness (QED) is 0.256. The van der Waals surface area contributed by atoms with Crippen molar-refractivity contribution in [2.45, 2.75) is 50.3 Å². The smallest absolute Gasteiger partial charge is 0.387 e. The summed E-state index contributed by atoms with van der Waals surface area (Å²) in [5.74, 6) is 0.0463. The van der Waals surface area contributed by atoms with Crippen LogP contribution in [-0.4, -0.2) is 69.2 Å². The molecule has 41 heavy (non-hydrogen) atoms. The Labute approximate surface area is 243 Å². The van der Waals surface area contributed by atoms with E-state index in [-0.39, 0.29) is 38.8 Å². The van der Waals surface area contributed by atoms with Crippen molar-refractivity contribution in [1.29, 1.82) is 0 Å². The van der Waals surface area contributed by atoms with Gasteiger partial charge in [-0.05, 0) is 65.0 Å². The van der Waals surface area contributed by atoms with E-state index in [0.717, 1.165) is 31.6 Å². The van der Waals surface area contributed by atoms with Crippen molar-refractivity contribution in [3.05, 3.63) is 53.7 Å². The maximum atomic E-state index is 13.3. The summed E-state index contributed by atoms with van der Waals surface area (Å²) in [6, 6.07) is 11.6. The van der Waals surface area contributed by atoms with E-state index < -0.39 is 22.8 Å². The summed E-state index contributed by atoms with van der Waals surface area (Å²) in [6.45, 7) is 1.76. The average molecular weight is 611 g/mol. The lowest BCUT2D eigenvalue weighted by Crippen LogP contribution is -2.41. The minimum Gasteiger partial charge on any atom is -0.433 e. The molecule has 14 heteroatoms. The lowest BCUT2D eigenvalue weighted by molar-refractivity contribution is -0.0493. The zero-order chi connectivity index (χ0) is 29.7. The molecule has 0 aliphatic carbocycles. The van der Waals surface area contributed by atoms with Crippen LogP contribution in [0.4, 0.5) is 37.6 Å². The second-order valence-corrected chi connectivity index (χ2v) is 11.9. The summed E-state index contributed by atoms with van der Waals surface area (Å²) >= 11 is 6.31. The molecule has 0 radical (unpaired) electrons. The van der Waals surface area contributed by atoms with E-state index >= 15 is 0 Å². The standard InChI is InChI=1S/C27H33ClF2N6O4S/c1-17(2)40-41(37,38)24-8-6-5-7-22(24)32-25-20(28)16-31-27(34-25)33-21-10-9-19(15-23(21)39-26(29)30)36-13-11-18(12-14-36)35(3)4/h5-10,15-18,26H,11-14H2,1-4H3,(H2,31,32,33,34). The predicted molar refractivity (Wildman–Crippen MR) is 155 cm³/mol. The Bertz CT molecular complexity index is 1450. The van der Waals surface area contributed by atoms with Crippen molar-refractivity contribution in [3.63, 3.8) is 0 Å². The summed E-state index contributed by atoms with van der Waals surface area (Å²) in [5.41, 5.74) is 1.17. The molecule has 1 aromatic heterocycles. The van der Waals surface area contributed by atoms with Gasteiger partial charge < -0.3 is 25.2 Å². The fourth-order valence-corrected chi connectivity index (χ4v) is 5.88. The Morgan fingerprint density at radius 3 is 2.44 bits per heavy atom. The first-order chi connectivity index (χ1) is 19.4. The number of anilines is 5. The van der Waals surface area contributed by atoms with Crippen LogP contribution < -0.4 is 20.3 Å². The first-order valence-electron chi connectivity index (χ1n) is 13.0. The van der Waals surface area contributed by atoms with Crippen LogP contribution in [0.25, 0.3) is 0 Å². The zero-order valence-electron chi connectivity index (χ0n) is 23.1. The first-order valence-corrected chi connectivity index (χ1v) is 14.8. The third-order valence-electron chi connectivity index (χ3n) is 6.46. The molecule has 2 aromatic carbocycles. The third kappa shape index (κ3) is 7.94. The van der Waals surface area contributed by atoms with E-state index in [1.54, 1.807) is 38.1 Å². The van der Waals surface area contributed by atoms with Crippen LogP contribution in [0.2, 0.25) is 5.02 Å². The van der Waals surface area contributed by atoms with Crippen LogP contribution in [0.3, 0.4) is 0 Å². The van der Waals surface area contributed by atoms with Crippen LogP contribution in [0, 0.1) is 0 Å². The Kier molecular flexibility index (Phi) is 9.84. The summed E-state index contributed by atoms with van der Waals surface area (Å²) in [7, 11) is 0.0269. The van der Waals surface area contributed by atoms with Crippen molar-refractivity contribution in [2.75, 3.05) is 42.7 Å². The summed E-state index contributed by atoms with van der Waals surface area (Å²) in [4.78, 5) is 12.7. The molecule has 1 fully saturated rings. The second kappa shape index (κ2) is 13.1. The summed E-state index contributed by atoms with van der Waals surface area (Å²) in [5, 5.41) is 5.92. The lowest BCUT2D eigenvalue weighted by Gasteiger charge is -2.36. The molecular formula is C27H33ClF2N6O4S. The molecule has 0 spiro atoms. The highest BCUT2D eigenvalue weighted by Crippen LogP contribution is 2.35. The Hall–Kier alpha value is -3.26.